The van der Waals surface area contributed by atoms with Crippen molar-refractivity contribution >= 4 is 11.6 Å². The number of ether oxygens (including phenoxy) is 1. The molecule has 2 aromatic carbocycles. The monoisotopic (exact) mass is 353 g/mol. The number of benzene rings is 2. The molecule has 0 saturated carbocycles. The number of amides is 1. The Kier molecular flexibility index (Phi) is 6.47. The third kappa shape index (κ3) is 5.35. The first-order valence-electron chi connectivity index (χ1n) is 9.28. The number of hydrogen-bond acceptors (Lipinski definition) is 2. The average molecular weight is 354 g/mol. The zero-order chi connectivity index (χ0) is 19.3. The van der Waals surface area contributed by atoms with Crippen LogP contribution in [-0.4, -0.2) is 12.5 Å². The number of anilines is 1. The molecule has 0 atom stereocenters. The molecule has 2 aromatic rings. The lowest BCUT2D eigenvalue weighted by molar-refractivity contribution is -0.124. The Morgan fingerprint density at radius 1 is 0.962 bits per heavy atom. The van der Waals surface area contributed by atoms with Gasteiger partial charge in [0, 0.05) is 11.1 Å². The fourth-order valence-electron chi connectivity index (χ4n) is 2.79. The van der Waals surface area contributed by atoms with Crippen molar-refractivity contribution in [2.45, 2.75) is 54.4 Å². The number of carbonyl (C=O) groups is 1. The van der Waals surface area contributed by atoms with Crippen LogP contribution in [0.1, 0.15) is 48.9 Å². The first kappa shape index (κ1) is 20.0. The predicted octanol–water partition coefficient (Wildman–Crippen LogP) is 5.74. The van der Waals surface area contributed by atoms with Crippen LogP contribution in [0.3, 0.4) is 0 Å². The lowest BCUT2D eigenvalue weighted by Crippen LogP contribution is -2.31. The second-order valence-electron chi connectivity index (χ2n) is 7.86. The lowest BCUT2D eigenvalue weighted by Gasteiger charge is -2.24. The van der Waals surface area contributed by atoms with Crippen LogP contribution >= 0.6 is 0 Å². The van der Waals surface area contributed by atoms with Gasteiger partial charge in [-0.2, -0.15) is 0 Å². The van der Waals surface area contributed by atoms with Gasteiger partial charge in [-0.3, -0.25) is 4.79 Å². The molecule has 0 fully saturated rings. The van der Waals surface area contributed by atoms with E-state index in [2.05, 4.69) is 51.2 Å². The van der Waals surface area contributed by atoms with Crippen molar-refractivity contribution in [2.75, 3.05) is 11.9 Å². The molecule has 0 unspecified atom stereocenters. The minimum Gasteiger partial charge on any atom is -0.493 e. The molecule has 3 nitrogen and oxygen atoms in total. The van der Waals surface area contributed by atoms with Crippen LogP contribution in [0.5, 0.6) is 5.75 Å². The van der Waals surface area contributed by atoms with Crippen molar-refractivity contribution in [3.8, 4) is 5.75 Å². The minimum atomic E-state index is -0.441. The summed E-state index contributed by atoms with van der Waals surface area (Å²) in [5.74, 6) is 0.981. The molecular weight excluding hydrogens is 322 g/mol. The highest BCUT2D eigenvalue weighted by Gasteiger charge is 2.27. The van der Waals surface area contributed by atoms with E-state index < -0.39 is 5.41 Å². The molecule has 0 saturated heterocycles. The second kappa shape index (κ2) is 8.39. The van der Waals surface area contributed by atoms with Gasteiger partial charge in [0.25, 0.3) is 0 Å². The van der Waals surface area contributed by atoms with Crippen molar-refractivity contribution in [1.82, 2.24) is 0 Å². The zero-order valence-corrected chi connectivity index (χ0v) is 16.9. The molecule has 0 aliphatic heterocycles. The first-order valence-corrected chi connectivity index (χ1v) is 9.28. The van der Waals surface area contributed by atoms with Gasteiger partial charge in [-0.05, 0) is 81.0 Å². The topological polar surface area (TPSA) is 38.3 Å². The van der Waals surface area contributed by atoms with Gasteiger partial charge in [-0.25, -0.2) is 0 Å². The summed E-state index contributed by atoms with van der Waals surface area (Å²) in [7, 11) is 0. The van der Waals surface area contributed by atoms with Gasteiger partial charge in [-0.15, -0.1) is 0 Å². The Bertz CT molecular complexity index is 778. The third-order valence-electron chi connectivity index (χ3n) is 4.93. The fraction of sp³-hybridized carbons (Fsp3) is 0.435. The van der Waals surface area contributed by atoms with E-state index in [1.165, 1.54) is 16.7 Å². The van der Waals surface area contributed by atoms with E-state index in [0.717, 1.165) is 29.8 Å². The molecule has 0 radical (unpaired) electrons. The fourth-order valence-corrected chi connectivity index (χ4v) is 2.79. The molecule has 0 bridgehead atoms. The molecule has 0 aliphatic rings. The molecule has 26 heavy (non-hydrogen) atoms. The Hall–Kier alpha value is -2.29. The predicted molar refractivity (Wildman–Crippen MR) is 109 cm³/mol. The summed E-state index contributed by atoms with van der Waals surface area (Å²) in [6.07, 6.45) is 1.61. The molecule has 1 N–H and O–H groups in total. The Labute approximate surface area is 157 Å². The van der Waals surface area contributed by atoms with Crippen LogP contribution in [-0.2, 0) is 4.79 Å². The number of hydrogen-bond donors (Lipinski definition) is 1. The van der Waals surface area contributed by atoms with Crippen molar-refractivity contribution < 1.29 is 9.53 Å². The highest BCUT2D eigenvalue weighted by molar-refractivity contribution is 5.94. The normalized spacial score (nSPS) is 11.3. The maximum atomic E-state index is 12.6. The number of nitrogens with one attached hydrogen (secondary N) is 1. The molecule has 2 rings (SSSR count). The van der Waals surface area contributed by atoms with Gasteiger partial charge < -0.3 is 10.1 Å². The van der Waals surface area contributed by atoms with Gasteiger partial charge in [0.15, 0.2) is 0 Å². The van der Waals surface area contributed by atoms with Crippen molar-refractivity contribution in [1.29, 1.82) is 0 Å². The molecule has 0 heterocycles. The maximum absolute atomic E-state index is 12.6. The minimum absolute atomic E-state index is 0.0486. The van der Waals surface area contributed by atoms with Crippen LogP contribution in [0.2, 0.25) is 0 Å². The number of carbonyl (C=O) groups excluding carboxylic acids is 1. The highest BCUT2D eigenvalue weighted by Crippen LogP contribution is 2.26. The summed E-state index contributed by atoms with van der Waals surface area (Å²) in [5.41, 5.74) is 5.16. The SMILES string of the molecule is Cc1ccc(C)c(OCCCC(C)(C)C(=O)Nc2ccc(C)c(C)c2)c1. The molecule has 0 aromatic heterocycles. The van der Waals surface area contributed by atoms with Crippen molar-refractivity contribution in [3.05, 3.63) is 58.7 Å². The van der Waals surface area contributed by atoms with E-state index in [4.69, 9.17) is 4.74 Å². The largest absolute Gasteiger partial charge is 0.493 e. The Morgan fingerprint density at radius 3 is 2.35 bits per heavy atom. The summed E-state index contributed by atoms with van der Waals surface area (Å²) in [4.78, 5) is 12.6. The Morgan fingerprint density at radius 2 is 1.65 bits per heavy atom. The average Bonchev–Trinajstić information content (AvgIpc) is 2.58. The van der Waals surface area contributed by atoms with Gasteiger partial charge in [0.1, 0.15) is 5.75 Å². The summed E-state index contributed by atoms with van der Waals surface area (Å²) >= 11 is 0. The quantitative estimate of drug-likeness (QED) is 0.644. The first-order chi connectivity index (χ1) is 12.2. The van der Waals surface area contributed by atoms with E-state index in [-0.39, 0.29) is 5.91 Å². The van der Waals surface area contributed by atoms with Crippen LogP contribution in [0.15, 0.2) is 36.4 Å². The van der Waals surface area contributed by atoms with E-state index in [0.29, 0.717) is 6.61 Å². The third-order valence-corrected chi connectivity index (χ3v) is 4.93. The lowest BCUT2D eigenvalue weighted by atomic mass is 9.86. The van der Waals surface area contributed by atoms with Crippen molar-refractivity contribution in [2.24, 2.45) is 5.41 Å². The van der Waals surface area contributed by atoms with Gasteiger partial charge >= 0.3 is 0 Å². The van der Waals surface area contributed by atoms with Crippen LogP contribution < -0.4 is 10.1 Å². The number of aryl methyl sites for hydroxylation is 4. The smallest absolute Gasteiger partial charge is 0.230 e. The second-order valence-corrected chi connectivity index (χ2v) is 7.86. The van der Waals surface area contributed by atoms with E-state index in [1.54, 1.807) is 0 Å². The highest BCUT2D eigenvalue weighted by atomic mass is 16.5. The molecule has 1 amide bonds. The van der Waals surface area contributed by atoms with Crippen LogP contribution in [0, 0.1) is 33.1 Å². The molecule has 0 aliphatic carbocycles. The molecule has 3 heteroatoms. The summed E-state index contributed by atoms with van der Waals surface area (Å²) in [6.45, 7) is 12.8. The van der Waals surface area contributed by atoms with Crippen molar-refractivity contribution in [3.63, 3.8) is 0 Å². The van der Waals surface area contributed by atoms with Crippen LogP contribution in [0.25, 0.3) is 0 Å². The standard InChI is InChI=1S/C23H31NO2/c1-16-8-9-18(3)21(14-16)26-13-7-12-23(5,6)22(25)24-20-11-10-17(2)19(4)15-20/h8-11,14-15H,7,12-13H2,1-6H3,(H,24,25). The van der Waals surface area contributed by atoms with Gasteiger partial charge in [0.05, 0.1) is 6.61 Å². The van der Waals surface area contributed by atoms with E-state index in [1.807, 2.05) is 32.0 Å². The van der Waals surface area contributed by atoms with Crippen LogP contribution in [0.4, 0.5) is 5.69 Å². The summed E-state index contributed by atoms with van der Waals surface area (Å²) in [5, 5.41) is 3.05. The molecule has 140 valence electrons. The summed E-state index contributed by atoms with van der Waals surface area (Å²) < 4.78 is 5.91. The maximum Gasteiger partial charge on any atom is 0.230 e. The molecular formula is C23H31NO2. The van der Waals surface area contributed by atoms with E-state index in [9.17, 15) is 4.79 Å². The van der Waals surface area contributed by atoms with Gasteiger partial charge in [0.2, 0.25) is 5.91 Å². The van der Waals surface area contributed by atoms with Gasteiger partial charge in [-0.1, -0.05) is 32.0 Å². The molecule has 0 spiro atoms. The number of rotatable bonds is 7. The zero-order valence-electron chi connectivity index (χ0n) is 16.9. The van der Waals surface area contributed by atoms with E-state index >= 15 is 0 Å². The summed E-state index contributed by atoms with van der Waals surface area (Å²) in [6, 6.07) is 12.2. The Balaban J connectivity index is 1.86.